The number of piperazine rings is 1. The number of nitrogens with one attached hydrogen (secondary N) is 1. The molecule has 0 spiro atoms. The molecule has 142 valence electrons. The van der Waals surface area contributed by atoms with Gasteiger partial charge in [0.1, 0.15) is 0 Å². The Morgan fingerprint density at radius 2 is 1.93 bits per heavy atom. The monoisotopic (exact) mass is 440 g/mol. The number of nitrogens with zero attached hydrogens (tertiary/aromatic N) is 3. The van der Waals surface area contributed by atoms with Crippen molar-refractivity contribution in [2.24, 2.45) is 0 Å². The number of hydrogen-bond donors (Lipinski definition) is 1. The Morgan fingerprint density at radius 3 is 2.67 bits per heavy atom. The van der Waals surface area contributed by atoms with Gasteiger partial charge in [-0.3, -0.25) is 9.69 Å². The molecule has 27 heavy (non-hydrogen) atoms. The fourth-order valence-electron chi connectivity index (χ4n) is 3.04. The van der Waals surface area contributed by atoms with Crippen LogP contribution in [0.3, 0.4) is 0 Å². The third-order valence-corrected chi connectivity index (χ3v) is 7.04. The minimum Gasteiger partial charge on any atom is -0.350 e. The quantitative estimate of drug-likeness (QED) is 0.644. The van der Waals surface area contributed by atoms with Crippen molar-refractivity contribution in [2.45, 2.75) is 0 Å². The summed E-state index contributed by atoms with van der Waals surface area (Å²) in [7, 11) is 0. The highest BCUT2D eigenvalue weighted by molar-refractivity contribution is 7.22. The second kappa shape index (κ2) is 8.32. The first-order valence-electron chi connectivity index (χ1n) is 8.65. The molecule has 1 saturated heterocycles. The van der Waals surface area contributed by atoms with E-state index in [0.717, 1.165) is 53.1 Å². The number of carbonyl (C=O) groups is 1. The molecule has 5 nitrogen and oxygen atoms in total. The highest BCUT2D eigenvalue weighted by Crippen LogP contribution is 2.31. The van der Waals surface area contributed by atoms with Gasteiger partial charge in [0.25, 0.3) is 5.91 Å². The maximum atomic E-state index is 12.0. The number of anilines is 1. The van der Waals surface area contributed by atoms with Gasteiger partial charge in [-0.2, -0.15) is 0 Å². The number of thiophene rings is 1. The zero-order valence-electron chi connectivity index (χ0n) is 14.5. The van der Waals surface area contributed by atoms with E-state index in [9.17, 15) is 4.79 Å². The van der Waals surface area contributed by atoms with E-state index in [1.54, 1.807) is 23.5 Å². The molecule has 1 N–H and O–H groups in total. The lowest BCUT2D eigenvalue weighted by atomic mass is 10.3. The summed E-state index contributed by atoms with van der Waals surface area (Å²) in [6, 6.07) is 9.32. The van der Waals surface area contributed by atoms with Crippen LogP contribution in [-0.4, -0.2) is 55.1 Å². The smallest absolute Gasteiger partial charge is 0.261 e. The number of carbonyl (C=O) groups excluding carboxylic acids is 1. The number of halogens is 2. The molecule has 0 atom stereocenters. The van der Waals surface area contributed by atoms with E-state index in [4.69, 9.17) is 28.2 Å². The maximum absolute atomic E-state index is 12.0. The van der Waals surface area contributed by atoms with E-state index in [1.165, 1.54) is 11.3 Å². The summed E-state index contributed by atoms with van der Waals surface area (Å²) in [5.74, 6) is -0.0568. The molecule has 0 saturated carbocycles. The number of thiazole rings is 1. The summed E-state index contributed by atoms with van der Waals surface area (Å²) in [6.07, 6.45) is 0. The van der Waals surface area contributed by atoms with Gasteiger partial charge in [-0.1, -0.05) is 34.5 Å². The minimum absolute atomic E-state index is 0.0568. The van der Waals surface area contributed by atoms with E-state index < -0.39 is 0 Å². The van der Waals surface area contributed by atoms with Crippen LogP contribution in [0.1, 0.15) is 9.67 Å². The van der Waals surface area contributed by atoms with Crippen LogP contribution in [0.25, 0.3) is 10.2 Å². The Bertz CT molecular complexity index is 950. The molecule has 0 unspecified atom stereocenters. The van der Waals surface area contributed by atoms with Crippen LogP contribution >= 0.6 is 45.9 Å². The van der Waals surface area contributed by atoms with Crippen molar-refractivity contribution in [3.05, 3.63) is 44.6 Å². The van der Waals surface area contributed by atoms with E-state index in [2.05, 4.69) is 15.1 Å². The van der Waals surface area contributed by atoms with Crippen LogP contribution in [-0.2, 0) is 0 Å². The summed E-state index contributed by atoms with van der Waals surface area (Å²) >= 11 is 14.9. The minimum atomic E-state index is -0.0568. The third kappa shape index (κ3) is 4.55. The molecular formula is C18H18Cl2N4OS2. The molecule has 4 rings (SSSR count). The third-order valence-electron chi connectivity index (χ3n) is 4.49. The first-order valence-corrected chi connectivity index (χ1v) is 11.0. The van der Waals surface area contributed by atoms with Gasteiger partial charge in [-0.15, -0.1) is 11.3 Å². The predicted octanol–water partition coefficient (Wildman–Crippen LogP) is 4.22. The second-order valence-electron chi connectivity index (χ2n) is 6.30. The molecule has 9 heteroatoms. The van der Waals surface area contributed by atoms with Crippen molar-refractivity contribution in [2.75, 3.05) is 44.2 Å². The lowest BCUT2D eigenvalue weighted by molar-refractivity contribution is 0.0952. The lowest BCUT2D eigenvalue weighted by Crippen LogP contribution is -2.48. The van der Waals surface area contributed by atoms with E-state index in [-0.39, 0.29) is 5.91 Å². The summed E-state index contributed by atoms with van der Waals surface area (Å²) in [4.78, 5) is 22.1. The van der Waals surface area contributed by atoms with Crippen molar-refractivity contribution in [3.63, 3.8) is 0 Å². The van der Waals surface area contributed by atoms with Crippen molar-refractivity contribution in [1.82, 2.24) is 15.2 Å². The van der Waals surface area contributed by atoms with E-state index >= 15 is 0 Å². The van der Waals surface area contributed by atoms with Crippen LogP contribution < -0.4 is 10.2 Å². The summed E-state index contributed by atoms with van der Waals surface area (Å²) in [5.41, 5.74) is 0.998. The standard InChI is InChI=1S/C18H18Cl2N4OS2/c19-12-1-2-13-15(11-12)27-18(22-13)24-9-7-23(8-10-24)6-5-21-17(25)14-3-4-16(20)26-14/h1-4,11H,5-10H2,(H,21,25). The Kier molecular flexibility index (Phi) is 5.85. The van der Waals surface area contributed by atoms with Gasteiger partial charge < -0.3 is 10.2 Å². The van der Waals surface area contributed by atoms with E-state index in [1.807, 2.05) is 18.2 Å². The van der Waals surface area contributed by atoms with Gasteiger partial charge in [-0.05, 0) is 30.3 Å². The Labute approximate surface area is 175 Å². The average molecular weight is 441 g/mol. The topological polar surface area (TPSA) is 48.5 Å². The molecule has 0 bridgehead atoms. The zero-order chi connectivity index (χ0) is 18.8. The Morgan fingerprint density at radius 1 is 1.11 bits per heavy atom. The van der Waals surface area contributed by atoms with Crippen molar-refractivity contribution >= 4 is 67.1 Å². The number of aromatic nitrogens is 1. The fourth-order valence-corrected chi connectivity index (χ4v) is 5.29. The second-order valence-corrected chi connectivity index (χ2v) is 9.46. The van der Waals surface area contributed by atoms with Crippen LogP contribution in [0, 0.1) is 0 Å². The molecule has 2 aromatic heterocycles. The van der Waals surface area contributed by atoms with Gasteiger partial charge in [0.2, 0.25) is 0 Å². The zero-order valence-corrected chi connectivity index (χ0v) is 17.6. The highest BCUT2D eigenvalue weighted by atomic mass is 35.5. The number of fused-ring (bicyclic) bond motifs is 1. The van der Waals surface area contributed by atoms with Crippen LogP contribution in [0.15, 0.2) is 30.3 Å². The highest BCUT2D eigenvalue weighted by Gasteiger charge is 2.20. The summed E-state index contributed by atoms with van der Waals surface area (Å²) in [6.45, 7) is 5.25. The summed E-state index contributed by atoms with van der Waals surface area (Å²) in [5, 5.41) is 4.76. The van der Waals surface area contributed by atoms with E-state index in [0.29, 0.717) is 15.8 Å². The molecule has 0 aliphatic carbocycles. The van der Waals surface area contributed by atoms with Gasteiger partial charge in [0.05, 0.1) is 19.4 Å². The van der Waals surface area contributed by atoms with Gasteiger partial charge in [0, 0.05) is 44.3 Å². The van der Waals surface area contributed by atoms with Gasteiger partial charge in [0.15, 0.2) is 5.13 Å². The van der Waals surface area contributed by atoms with Gasteiger partial charge >= 0.3 is 0 Å². The molecule has 1 fully saturated rings. The van der Waals surface area contributed by atoms with Crippen LogP contribution in [0.5, 0.6) is 0 Å². The molecule has 1 amide bonds. The van der Waals surface area contributed by atoms with Gasteiger partial charge in [-0.25, -0.2) is 4.98 Å². The first kappa shape index (κ1) is 19.0. The maximum Gasteiger partial charge on any atom is 0.261 e. The number of benzene rings is 1. The molecule has 1 aliphatic rings. The van der Waals surface area contributed by atoms with Crippen molar-refractivity contribution in [3.8, 4) is 0 Å². The summed E-state index contributed by atoms with van der Waals surface area (Å²) < 4.78 is 1.75. The van der Waals surface area contributed by atoms with Crippen molar-refractivity contribution in [1.29, 1.82) is 0 Å². The van der Waals surface area contributed by atoms with Crippen molar-refractivity contribution < 1.29 is 4.79 Å². The molecule has 3 aromatic rings. The molecule has 3 heterocycles. The molecule has 1 aromatic carbocycles. The Hall–Kier alpha value is -1.38. The lowest BCUT2D eigenvalue weighted by Gasteiger charge is -2.34. The van der Waals surface area contributed by atoms with Crippen LogP contribution in [0.4, 0.5) is 5.13 Å². The van der Waals surface area contributed by atoms with Crippen LogP contribution in [0.2, 0.25) is 9.36 Å². The Balaban J connectivity index is 1.25. The SMILES string of the molecule is O=C(NCCN1CCN(c2nc3ccc(Cl)cc3s2)CC1)c1ccc(Cl)s1. The normalized spacial score (nSPS) is 15.4. The average Bonchev–Trinajstić information content (AvgIpc) is 3.28. The molecular weight excluding hydrogens is 423 g/mol. The number of hydrogen-bond acceptors (Lipinski definition) is 6. The fraction of sp³-hybridized carbons (Fsp3) is 0.333. The number of rotatable bonds is 5. The molecule has 0 radical (unpaired) electrons. The largest absolute Gasteiger partial charge is 0.350 e. The first-order chi connectivity index (χ1) is 13.1. The molecule has 1 aliphatic heterocycles. The number of amides is 1. The predicted molar refractivity (Wildman–Crippen MR) is 115 cm³/mol.